The predicted molar refractivity (Wildman–Crippen MR) is 121 cm³/mol. The number of rotatable bonds is 5. The zero-order chi connectivity index (χ0) is 22.5. The highest BCUT2D eigenvalue weighted by molar-refractivity contribution is 5.95. The second-order valence-corrected chi connectivity index (χ2v) is 8.02. The van der Waals surface area contributed by atoms with Gasteiger partial charge in [0.1, 0.15) is 5.82 Å². The number of halogens is 1. The van der Waals surface area contributed by atoms with E-state index in [4.69, 9.17) is 0 Å². The molecule has 0 aliphatic carbocycles. The lowest BCUT2D eigenvalue weighted by Gasteiger charge is -2.24. The second-order valence-electron chi connectivity index (χ2n) is 8.02. The smallest absolute Gasteiger partial charge is 0.254 e. The summed E-state index contributed by atoms with van der Waals surface area (Å²) in [4.78, 5) is 33.8. The molecule has 1 fully saturated rings. The third kappa shape index (κ3) is 4.85. The largest absolute Gasteiger partial charge is 0.341 e. The van der Waals surface area contributed by atoms with E-state index >= 15 is 0 Å². The Balaban J connectivity index is 1.58. The maximum atomic E-state index is 13.7. The van der Waals surface area contributed by atoms with Crippen molar-refractivity contribution in [2.45, 2.75) is 13.3 Å². The van der Waals surface area contributed by atoms with Crippen molar-refractivity contribution in [3.05, 3.63) is 90.0 Å². The van der Waals surface area contributed by atoms with Gasteiger partial charge >= 0.3 is 0 Å². The molecule has 0 saturated carbocycles. The minimum atomic E-state index is -0.443. The quantitative estimate of drug-likeness (QED) is 0.612. The number of likely N-dealkylation sites (N-methyl/N-ethyl adjacent to an activating group) is 1. The summed E-state index contributed by atoms with van der Waals surface area (Å²) in [5, 5.41) is 0. The fourth-order valence-corrected chi connectivity index (χ4v) is 4.21. The third-order valence-electron chi connectivity index (χ3n) is 5.90. The lowest BCUT2D eigenvalue weighted by molar-refractivity contribution is -0.134. The molecule has 1 unspecified atom stereocenters. The number of hydrogen-bond donors (Lipinski definition) is 0. The minimum absolute atomic E-state index is 0.0522. The first kappa shape index (κ1) is 21.7. The molecule has 5 nitrogen and oxygen atoms in total. The molecule has 164 valence electrons. The van der Waals surface area contributed by atoms with Crippen molar-refractivity contribution in [3.63, 3.8) is 0 Å². The van der Waals surface area contributed by atoms with Gasteiger partial charge in [-0.25, -0.2) is 4.39 Å². The molecule has 2 aromatic carbocycles. The van der Waals surface area contributed by atoms with Crippen LogP contribution in [0.5, 0.6) is 0 Å². The van der Waals surface area contributed by atoms with Crippen molar-refractivity contribution in [2.24, 2.45) is 5.92 Å². The van der Waals surface area contributed by atoms with E-state index in [0.29, 0.717) is 38.2 Å². The van der Waals surface area contributed by atoms with E-state index in [1.54, 1.807) is 28.3 Å². The van der Waals surface area contributed by atoms with E-state index in [9.17, 15) is 14.0 Å². The van der Waals surface area contributed by atoms with Crippen LogP contribution in [0.25, 0.3) is 11.1 Å². The first-order chi connectivity index (χ1) is 15.5. The van der Waals surface area contributed by atoms with Gasteiger partial charge < -0.3 is 9.80 Å². The molecule has 2 heterocycles. The van der Waals surface area contributed by atoms with Gasteiger partial charge in [0.05, 0.1) is 5.92 Å². The summed E-state index contributed by atoms with van der Waals surface area (Å²) in [5.41, 5.74) is 3.47. The van der Waals surface area contributed by atoms with Crippen molar-refractivity contribution in [2.75, 3.05) is 26.2 Å². The molecule has 6 heteroatoms. The molecule has 1 atom stereocenters. The summed E-state index contributed by atoms with van der Waals surface area (Å²) in [6, 6.07) is 17.7. The van der Waals surface area contributed by atoms with E-state index in [2.05, 4.69) is 11.1 Å². The van der Waals surface area contributed by atoms with Crippen LogP contribution < -0.4 is 0 Å². The lowest BCUT2D eigenvalue weighted by Crippen LogP contribution is -2.38. The Morgan fingerprint density at radius 2 is 1.81 bits per heavy atom. The van der Waals surface area contributed by atoms with Gasteiger partial charge in [-0.3, -0.25) is 14.6 Å². The maximum Gasteiger partial charge on any atom is 0.254 e. The van der Waals surface area contributed by atoms with Crippen LogP contribution in [-0.4, -0.2) is 52.8 Å². The SMILES string of the molecule is CCN1CCN(C(=O)c2cccc(F)c2)CC(Cc2cccc(-c3ccncc3)c2)C1=O. The standard InChI is InChI=1S/C26H26FN3O2/c1-2-29-13-14-30(25(31)22-7-4-8-24(27)17-22)18-23(26(29)32)16-19-5-3-6-21(15-19)20-9-11-28-12-10-20/h3-12,15,17,23H,2,13-14,16,18H2,1H3. The summed E-state index contributed by atoms with van der Waals surface area (Å²) in [6.07, 6.45) is 4.04. The fraction of sp³-hybridized carbons (Fsp3) is 0.269. The summed E-state index contributed by atoms with van der Waals surface area (Å²) < 4.78 is 13.7. The number of carbonyl (C=O) groups excluding carboxylic acids is 2. The highest BCUT2D eigenvalue weighted by Gasteiger charge is 2.32. The Bertz CT molecular complexity index is 1100. The van der Waals surface area contributed by atoms with Crippen LogP contribution >= 0.6 is 0 Å². The van der Waals surface area contributed by atoms with Crippen LogP contribution in [0.3, 0.4) is 0 Å². The number of nitrogens with zero attached hydrogens (tertiary/aromatic N) is 3. The van der Waals surface area contributed by atoms with Crippen LogP contribution in [0, 0.1) is 11.7 Å². The monoisotopic (exact) mass is 431 g/mol. The Morgan fingerprint density at radius 3 is 2.56 bits per heavy atom. The van der Waals surface area contributed by atoms with Gasteiger partial charge in [-0.1, -0.05) is 30.3 Å². The topological polar surface area (TPSA) is 53.5 Å². The number of amides is 2. The number of pyridine rings is 1. The van der Waals surface area contributed by atoms with Crippen LogP contribution in [0.4, 0.5) is 4.39 Å². The molecule has 0 spiro atoms. The highest BCUT2D eigenvalue weighted by atomic mass is 19.1. The van der Waals surface area contributed by atoms with Crippen molar-refractivity contribution >= 4 is 11.8 Å². The van der Waals surface area contributed by atoms with Crippen molar-refractivity contribution < 1.29 is 14.0 Å². The van der Waals surface area contributed by atoms with E-state index in [1.165, 1.54) is 18.2 Å². The molecular formula is C26H26FN3O2. The van der Waals surface area contributed by atoms with Crippen molar-refractivity contribution in [3.8, 4) is 11.1 Å². The molecule has 1 aliphatic rings. The van der Waals surface area contributed by atoms with Crippen LogP contribution in [0.1, 0.15) is 22.8 Å². The van der Waals surface area contributed by atoms with Crippen molar-refractivity contribution in [1.82, 2.24) is 14.8 Å². The molecule has 0 radical (unpaired) electrons. The third-order valence-corrected chi connectivity index (χ3v) is 5.90. The molecule has 0 bridgehead atoms. The van der Waals surface area contributed by atoms with Gasteiger partial charge in [0.15, 0.2) is 0 Å². The Morgan fingerprint density at radius 1 is 1.03 bits per heavy atom. The fourth-order valence-electron chi connectivity index (χ4n) is 4.21. The normalized spacial score (nSPS) is 16.7. The summed E-state index contributed by atoms with van der Waals surface area (Å²) in [6.45, 7) is 3.76. The number of carbonyl (C=O) groups is 2. The number of hydrogen-bond acceptors (Lipinski definition) is 3. The molecule has 4 rings (SSSR count). The molecule has 2 amide bonds. The number of benzene rings is 2. The first-order valence-corrected chi connectivity index (χ1v) is 10.9. The molecule has 1 aliphatic heterocycles. The van der Waals surface area contributed by atoms with E-state index < -0.39 is 5.82 Å². The van der Waals surface area contributed by atoms with Crippen LogP contribution in [0.2, 0.25) is 0 Å². The summed E-state index contributed by atoms with van der Waals surface area (Å²) in [7, 11) is 0. The molecule has 1 aromatic heterocycles. The average Bonchev–Trinajstić information content (AvgIpc) is 2.98. The summed E-state index contributed by atoms with van der Waals surface area (Å²) in [5.74, 6) is -0.994. The van der Waals surface area contributed by atoms with Gasteiger partial charge in [-0.2, -0.15) is 0 Å². The van der Waals surface area contributed by atoms with Gasteiger partial charge in [-0.15, -0.1) is 0 Å². The molecule has 3 aromatic rings. The van der Waals surface area contributed by atoms with Crippen molar-refractivity contribution in [1.29, 1.82) is 0 Å². The van der Waals surface area contributed by atoms with Gasteiger partial charge in [0.25, 0.3) is 5.91 Å². The maximum absolute atomic E-state index is 13.7. The zero-order valence-corrected chi connectivity index (χ0v) is 18.1. The van der Waals surface area contributed by atoms with E-state index in [0.717, 1.165) is 16.7 Å². The highest BCUT2D eigenvalue weighted by Crippen LogP contribution is 2.23. The van der Waals surface area contributed by atoms with Gasteiger partial charge in [0, 0.05) is 44.1 Å². The van der Waals surface area contributed by atoms with E-state index in [1.807, 2.05) is 37.3 Å². The minimum Gasteiger partial charge on any atom is -0.341 e. The summed E-state index contributed by atoms with van der Waals surface area (Å²) >= 11 is 0. The lowest BCUT2D eigenvalue weighted by atomic mass is 9.95. The van der Waals surface area contributed by atoms with Crippen LogP contribution in [0.15, 0.2) is 73.1 Å². The van der Waals surface area contributed by atoms with Crippen LogP contribution in [-0.2, 0) is 11.2 Å². The Kier molecular flexibility index (Phi) is 6.59. The molecular weight excluding hydrogens is 405 g/mol. The predicted octanol–water partition coefficient (Wildman–Crippen LogP) is 4.05. The number of aromatic nitrogens is 1. The second kappa shape index (κ2) is 9.73. The Labute approximate surface area is 187 Å². The molecule has 0 N–H and O–H groups in total. The Hall–Kier alpha value is -3.54. The van der Waals surface area contributed by atoms with Gasteiger partial charge in [0.2, 0.25) is 5.91 Å². The zero-order valence-electron chi connectivity index (χ0n) is 18.1. The van der Waals surface area contributed by atoms with E-state index in [-0.39, 0.29) is 17.7 Å². The van der Waals surface area contributed by atoms with Gasteiger partial charge in [-0.05, 0) is 60.4 Å². The molecule has 32 heavy (non-hydrogen) atoms. The molecule has 1 saturated heterocycles. The first-order valence-electron chi connectivity index (χ1n) is 10.9. The average molecular weight is 432 g/mol.